The monoisotopic (exact) mass is 327 g/mol. The minimum Gasteiger partial charge on any atom is -0.382 e. The van der Waals surface area contributed by atoms with Crippen LogP contribution >= 0.6 is 0 Å². The lowest BCUT2D eigenvalue weighted by molar-refractivity contribution is -0.136. The van der Waals surface area contributed by atoms with Crippen LogP contribution in [0.1, 0.15) is 52.9 Å². The van der Waals surface area contributed by atoms with Crippen molar-refractivity contribution in [2.24, 2.45) is 5.92 Å². The number of hydrogen-bond acceptors (Lipinski definition) is 3. The molecule has 0 radical (unpaired) electrons. The summed E-state index contributed by atoms with van der Waals surface area (Å²) in [6.45, 7) is 9.58. The maximum atomic E-state index is 12.3. The molecule has 134 valence electrons. The summed E-state index contributed by atoms with van der Waals surface area (Å²) in [5, 5.41) is 5.85. The summed E-state index contributed by atoms with van der Waals surface area (Å²) in [6.07, 6.45) is 4.29. The van der Waals surface area contributed by atoms with Crippen LogP contribution in [0.2, 0.25) is 0 Å². The van der Waals surface area contributed by atoms with Gasteiger partial charge >= 0.3 is 6.03 Å². The van der Waals surface area contributed by atoms with Gasteiger partial charge in [-0.1, -0.05) is 13.8 Å². The Kier molecular flexibility index (Phi) is 9.67. The van der Waals surface area contributed by atoms with Gasteiger partial charge in [-0.25, -0.2) is 4.79 Å². The Balaban J connectivity index is 2.20. The van der Waals surface area contributed by atoms with Crippen molar-refractivity contribution in [3.05, 3.63) is 0 Å². The van der Waals surface area contributed by atoms with Gasteiger partial charge in [-0.05, 0) is 39.0 Å². The molecule has 0 atom stereocenters. The number of carbonyl (C=O) groups is 2. The SMILES string of the molecule is CCOCCCNC(=O)NC1CCN(C(=O)C(CC)CC)CC1. The summed E-state index contributed by atoms with van der Waals surface area (Å²) in [5.74, 6) is 0.418. The van der Waals surface area contributed by atoms with Crippen LogP contribution in [-0.4, -0.2) is 55.7 Å². The van der Waals surface area contributed by atoms with Crippen molar-refractivity contribution in [2.75, 3.05) is 32.8 Å². The number of amides is 3. The second kappa shape index (κ2) is 11.3. The van der Waals surface area contributed by atoms with Gasteiger partial charge in [0.05, 0.1) is 0 Å². The summed E-state index contributed by atoms with van der Waals surface area (Å²) in [5.41, 5.74) is 0. The van der Waals surface area contributed by atoms with Crippen LogP contribution in [0.4, 0.5) is 4.79 Å². The molecule has 1 saturated heterocycles. The maximum absolute atomic E-state index is 12.3. The summed E-state index contributed by atoms with van der Waals surface area (Å²) < 4.78 is 5.23. The zero-order valence-electron chi connectivity index (χ0n) is 14.9. The van der Waals surface area contributed by atoms with Crippen molar-refractivity contribution in [1.29, 1.82) is 0 Å². The van der Waals surface area contributed by atoms with Crippen molar-refractivity contribution < 1.29 is 14.3 Å². The highest BCUT2D eigenvalue weighted by Crippen LogP contribution is 2.17. The Morgan fingerprint density at radius 3 is 2.39 bits per heavy atom. The third-order valence-electron chi connectivity index (χ3n) is 4.43. The lowest BCUT2D eigenvalue weighted by Crippen LogP contribution is -2.50. The molecule has 1 aliphatic heterocycles. The number of ether oxygens (including phenoxy) is 1. The van der Waals surface area contributed by atoms with Gasteiger partial charge in [-0.15, -0.1) is 0 Å². The highest BCUT2D eigenvalue weighted by molar-refractivity contribution is 5.79. The molecular weight excluding hydrogens is 294 g/mol. The molecule has 0 unspecified atom stereocenters. The summed E-state index contributed by atoms with van der Waals surface area (Å²) in [4.78, 5) is 26.1. The van der Waals surface area contributed by atoms with E-state index < -0.39 is 0 Å². The average Bonchev–Trinajstić information content (AvgIpc) is 2.56. The number of likely N-dealkylation sites (tertiary alicyclic amines) is 1. The zero-order valence-corrected chi connectivity index (χ0v) is 14.9. The number of piperidine rings is 1. The zero-order chi connectivity index (χ0) is 17.1. The molecular formula is C17H33N3O3. The van der Waals surface area contributed by atoms with E-state index in [1.54, 1.807) is 0 Å². The number of nitrogens with zero attached hydrogens (tertiary/aromatic N) is 1. The summed E-state index contributed by atoms with van der Waals surface area (Å²) in [7, 11) is 0. The topological polar surface area (TPSA) is 70.7 Å². The predicted molar refractivity (Wildman–Crippen MR) is 91.3 cm³/mol. The van der Waals surface area contributed by atoms with Gasteiger partial charge in [0.15, 0.2) is 0 Å². The van der Waals surface area contributed by atoms with Gasteiger partial charge < -0.3 is 20.3 Å². The molecule has 0 saturated carbocycles. The molecule has 0 aromatic carbocycles. The highest BCUT2D eigenvalue weighted by atomic mass is 16.5. The fourth-order valence-corrected chi connectivity index (χ4v) is 2.90. The molecule has 23 heavy (non-hydrogen) atoms. The normalized spacial score (nSPS) is 15.7. The quantitative estimate of drug-likeness (QED) is 0.637. The number of urea groups is 1. The van der Waals surface area contributed by atoms with Gasteiger partial charge in [0.1, 0.15) is 0 Å². The van der Waals surface area contributed by atoms with Crippen molar-refractivity contribution in [1.82, 2.24) is 15.5 Å². The fourth-order valence-electron chi connectivity index (χ4n) is 2.90. The molecule has 0 bridgehead atoms. The van der Waals surface area contributed by atoms with Crippen molar-refractivity contribution in [3.63, 3.8) is 0 Å². The van der Waals surface area contributed by atoms with Crippen LogP contribution in [-0.2, 0) is 9.53 Å². The molecule has 6 nitrogen and oxygen atoms in total. The lowest BCUT2D eigenvalue weighted by atomic mass is 9.98. The van der Waals surface area contributed by atoms with Crippen molar-refractivity contribution >= 4 is 11.9 Å². The Morgan fingerprint density at radius 2 is 1.83 bits per heavy atom. The van der Waals surface area contributed by atoms with Crippen LogP contribution in [0.25, 0.3) is 0 Å². The predicted octanol–water partition coefficient (Wildman–Crippen LogP) is 2.14. The lowest BCUT2D eigenvalue weighted by Gasteiger charge is -2.34. The number of carbonyl (C=O) groups excluding carboxylic acids is 2. The summed E-state index contributed by atoms with van der Waals surface area (Å²) in [6, 6.07) is 0.0407. The van der Waals surface area contributed by atoms with Gasteiger partial charge in [0.2, 0.25) is 5.91 Å². The first-order chi connectivity index (χ1) is 11.1. The molecule has 0 aromatic rings. The minimum absolute atomic E-state index is 0.119. The molecule has 0 spiro atoms. The highest BCUT2D eigenvalue weighted by Gasteiger charge is 2.26. The molecule has 1 rings (SSSR count). The molecule has 6 heteroatoms. The number of rotatable bonds is 9. The van der Waals surface area contributed by atoms with E-state index in [1.807, 2.05) is 11.8 Å². The molecule has 1 heterocycles. The van der Waals surface area contributed by atoms with Crippen LogP contribution in [0, 0.1) is 5.92 Å². The summed E-state index contributed by atoms with van der Waals surface area (Å²) >= 11 is 0. The Hall–Kier alpha value is -1.30. The van der Waals surface area contributed by atoms with Gasteiger partial charge in [-0.2, -0.15) is 0 Å². The minimum atomic E-state index is -0.119. The molecule has 1 aliphatic rings. The second-order valence-electron chi connectivity index (χ2n) is 6.06. The smallest absolute Gasteiger partial charge is 0.315 e. The van der Waals surface area contributed by atoms with E-state index in [0.717, 1.165) is 45.2 Å². The van der Waals surface area contributed by atoms with E-state index in [-0.39, 0.29) is 23.9 Å². The standard InChI is InChI=1S/C17H33N3O3/c1-4-14(5-2)16(21)20-11-8-15(9-12-20)19-17(22)18-10-7-13-23-6-3/h14-15H,4-13H2,1-3H3,(H2,18,19,22). The molecule has 0 aromatic heterocycles. The van der Waals surface area contributed by atoms with Crippen molar-refractivity contribution in [3.8, 4) is 0 Å². The molecule has 1 fully saturated rings. The van der Waals surface area contributed by atoms with E-state index in [0.29, 0.717) is 19.8 Å². The van der Waals surface area contributed by atoms with Crippen LogP contribution < -0.4 is 10.6 Å². The van der Waals surface area contributed by atoms with Crippen LogP contribution in [0.15, 0.2) is 0 Å². The first-order valence-electron chi connectivity index (χ1n) is 9.03. The third-order valence-corrected chi connectivity index (χ3v) is 4.43. The van der Waals surface area contributed by atoms with Crippen LogP contribution in [0.5, 0.6) is 0 Å². The fraction of sp³-hybridized carbons (Fsp3) is 0.882. The van der Waals surface area contributed by atoms with E-state index in [9.17, 15) is 9.59 Å². The van der Waals surface area contributed by atoms with Gasteiger partial charge in [-0.3, -0.25) is 4.79 Å². The van der Waals surface area contributed by atoms with Gasteiger partial charge in [0.25, 0.3) is 0 Å². The Morgan fingerprint density at radius 1 is 1.17 bits per heavy atom. The van der Waals surface area contributed by atoms with Crippen molar-refractivity contribution in [2.45, 2.75) is 58.9 Å². The molecule has 0 aliphatic carbocycles. The van der Waals surface area contributed by atoms with Crippen LogP contribution in [0.3, 0.4) is 0 Å². The van der Waals surface area contributed by atoms with E-state index >= 15 is 0 Å². The third kappa shape index (κ3) is 7.20. The number of hydrogen-bond donors (Lipinski definition) is 2. The molecule has 2 N–H and O–H groups in total. The van der Waals surface area contributed by atoms with E-state index in [1.165, 1.54) is 0 Å². The van der Waals surface area contributed by atoms with Gasteiger partial charge in [0, 0.05) is 44.8 Å². The first kappa shape index (κ1) is 19.7. The largest absolute Gasteiger partial charge is 0.382 e. The van der Waals surface area contributed by atoms with E-state index in [4.69, 9.17) is 4.74 Å². The average molecular weight is 327 g/mol. The molecule has 3 amide bonds. The van der Waals surface area contributed by atoms with E-state index in [2.05, 4.69) is 24.5 Å². The first-order valence-corrected chi connectivity index (χ1v) is 9.03. The Bertz CT molecular complexity index is 351. The second-order valence-corrected chi connectivity index (χ2v) is 6.06. The number of nitrogens with one attached hydrogen (secondary N) is 2. The maximum Gasteiger partial charge on any atom is 0.315 e. The Labute approximate surface area is 140 Å².